The summed E-state index contributed by atoms with van der Waals surface area (Å²) in [5.41, 5.74) is 4.60. The van der Waals surface area contributed by atoms with Crippen LogP contribution in [0.15, 0.2) is 42.5 Å². The van der Waals surface area contributed by atoms with E-state index in [4.69, 9.17) is 0 Å². The summed E-state index contributed by atoms with van der Waals surface area (Å²) in [6, 6.07) is 15.9. The maximum atomic E-state index is 12.5. The lowest BCUT2D eigenvalue weighted by atomic mass is 9.85. The summed E-state index contributed by atoms with van der Waals surface area (Å²) in [7, 11) is 1.82. The third-order valence-corrected chi connectivity index (χ3v) is 6.35. The Balaban J connectivity index is 1.65. The standard InChI is InChI=1S/C27H33N3O2/c1-5-6-7-8-9-25(31)29-22(18-28)16-19-10-12-20(13-11-19)21-14-15-23-24(17-21)30(4)26(32)27(23,2)3/h10-15,17,22H,5-9,16H2,1-4H3,(H,29,31). The van der Waals surface area contributed by atoms with E-state index in [9.17, 15) is 14.9 Å². The molecule has 168 valence electrons. The molecule has 1 heterocycles. The van der Waals surface area contributed by atoms with Crippen LogP contribution in [0.3, 0.4) is 0 Å². The number of carbonyl (C=O) groups is 2. The van der Waals surface area contributed by atoms with E-state index in [1.807, 2.05) is 51.2 Å². The van der Waals surface area contributed by atoms with Gasteiger partial charge in [0, 0.05) is 25.6 Å². The number of rotatable bonds is 9. The van der Waals surface area contributed by atoms with Gasteiger partial charge < -0.3 is 10.2 Å². The predicted molar refractivity (Wildman–Crippen MR) is 128 cm³/mol. The summed E-state index contributed by atoms with van der Waals surface area (Å²) >= 11 is 0. The third kappa shape index (κ3) is 5.02. The molecule has 1 N–H and O–H groups in total. The maximum Gasteiger partial charge on any atom is 0.236 e. The van der Waals surface area contributed by atoms with Crippen LogP contribution in [0.1, 0.15) is 64.0 Å². The summed E-state index contributed by atoms with van der Waals surface area (Å²) in [6.07, 6.45) is 5.14. The molecular weight excluding hydrogens is 398 g/mol. The van der Waals surface area contributed by atoms with Gasteiger partial charge in [0.1, 0.15) is 6.04 Å². The maximum absolute atomic E-state index is 12.5. The minimum Gasteiger partial charge on any atom is -0.340 e. The van der Waals surface area contributed by atoms with Gasteiger partial charge in [-0.25, -0.2) is 0 Å². The number of anilines is 1. The molecule has 0 saturated heterocycles. The Morgan fingerprint density at radius 1 is 1.09 bits per heavy atom. The summed E-state index contributed by atoms with van der Waals surface area (Å²) in [4.78, 5) is 26.4. The molecular formula is C27H33N3O2. The second-order valence-electron chi connectivity index (χ2n) is 9.18. The number of likely N-dealkylation sites (N-methyl/N-ethyl adjacent to an activating group) is 1. The molecule has 0 aromatic heterocycles. The highest BCUT2D eigenvalue weighted by atomic mass is 16.2. The van der Waals surface area contributed by atoms with E-state index >= 15 is 0 Å². The van der Waals surface area contributed by atoms with Crippen LogP contribution >= 0.6 is 0 Å². The van der Waals surface area contributed by atoms with E-state index in [2.05, 4.69) is 30.4 Å². The smallest absolute Gasteiger partial charge is 0.236 e. The second-order valence-corrected chi connectivity index (χ2v) is 9.18. The van der Waals surface area contributed by atoms with Crippen molar-refractivity contribution in [3.8, 4) is 17.2 Å². The molecule has 0 aliphatic carbocycles. The summed E-state index contributed by atoms with van der Waals surface area (Å²) in [6.45, 7) is 6.06. The van der Waals surface area contributed by atoms with Crippen LogP contribution < -0.4 is 10.2 Å². The molecule has 0 fully saturated rings. The first-order valence-electron chi connectivity index (χ1n) is 11.5. The molecule has 2 aromatic rings. The molecule has 0 saturated carbocycles. The lowest BCUT2D eigenvalue weighted by Gasteiger charge is -2.16. The number of unbranched alkanes of at least 4 members (excludes halogenated alkanes) is 3. The van der Waals surface area contributed by atoms with Crippen molar-refractivity contribution in [2.75, 3.05) is 11.9 Å². The Bertz CT molecular complexity index is 1020. The van der Waals surface area contributed by atoms with E-state index in [1.54, 1.807) is 4.90 Å². The highest BCUT2D eigenvalue weighted by molar-refractivity contribution is 6.07. The first kappa shape index (κ1) is 23.5. The summed E-state index contributed by atoms with van der Waals surface area (Å²) in [5, 5.41) is 12.3. The van der Waals surface area contributed by atoms with Gasteiger partial charge in [-0.15, -0.1) is 0 Å². The number of hydrogen-bond donors (Lipinski definition) is 1. The van der Waals surface area contributed by atoms with E-state index in [0.717, 1.165) is 53.6 Å². The van der Waals surface area contributed by atoms with E-state index in [0.29, 0.717) is 12.8 Å². The monoisotopic (exact) mass is 431 g/mol. The normalized spacial score (nSPS) is 15.2. The molecule has 5 heteroatoms. The highest BCUT2D eigenvalue weighted by Crippen LogP contribution is 2.42. The van der Waals surface area contributed by atoms with Crippen LogP contribution in [0.2, 0.25) is 0 Å². The van der Waals surface area contributed by atoms with Gasteiger partial charge in [-0.1, -0.05) is 62.6 Å². The number of benzene rings is 2. The largest absolute Gasteiger partial charge is 0.340 e. The van der Waals surface area contributed by atoms with Crippen LogP contribution in [0.25, 0.3) is 11.1 Å². The molecule has 32 heavy (non-hydrogen) atoms. The van der Waals surface area contributed by atoms with Gasteiger partial charge in [0.05, 0.1) is 11.5 Å². The minimum absolute atomic E-state index is 0.0518. The number of hydrogen-bond acceptors (Lipinski definition) is 3. The van der Waals surface area contributed by atoms with Crippen LogP contribution in [-0.4, -0.2) is 24.9 Å². The van der Waals surface area contributed by atoms with Crippen molar-refractivity contribution in [2.24, 2.45) is 0 Å². The average Bonchev–Trinajstić information content (AvgIpc) is 2.96. The van der Waals surface area contributed by atoms with Crippen LogP contribution in [-0.2, 0) is 21.4 Å². The quantitative estimate of drug-likeness (QED) is 0.560. The van der Waals surface area contributed by atoms with Crippen molar-refractivity contribution in [2.45, 2.75) is 70.8 Å². The van der Waals surface area contributed by atoms with Crippen LogP contribution in [0, 0.1) is 11.3 Å². The first-order valence-corrected chi connectivity index (χ1v) is 11.5. The molecule has 1 atom stereocenters. The fourth-order valence-electron chi connectivity index (χ4n) is 4.34. The Kier molecular flexibility index (Phi) is 7.35. The van der Waals surface area contributed by atoms with Gasteiger partial charge in [-0.2, -0.15) is 5.26 Å². The molecule has 0 radical (unpaired) electrons. The Labute approximate surface area is 191 Å². The fourth-order valence-corrected chi connectivity index (χ4v) is 4.34. The van der Waals surface area contributed by atoms with Gasteiger partial charge >= 0.3 is 0 Å². The highest BCUT2D eigenvalue weighted by Gasteiger charge is 2.42. The number of carbonyl (C=O) groups excluding carboxylic acids is 2. The van der Waals surface area contributed by atoms with E-state index in [-0.39, 0.29) is 11.8 Å². The van der Waals surface area contributed by atoms with Crippen molar-refractivity contribution in [3.05, 3.63) is 53.6 Å². The Morgan fingerprint density at radius 2 is 1.78 bits per heavy atom. The molecule has 3 rings (SSSR count). The zero-order chi connectivity index (χ0) is 23.3. The van der Waals surface area contributed by atoms with Gasteiger partial charge in [0.2, 0.25) is 11.8 Å². The summed E-state index contributed by atoms with van der Waals surface area (Å²) in [5.74, 6) is 0.0546. The Hall–Kier alpha value is -3.13. The number of nitrogens with one attached hydrogen (secondary N) is 1. The van der Waals surface area contributed by atoms with Crippen LogP contribution in [0.4, 0.5) is 5.69 Å². The average molecular weight is 432 g/mol. The van der Waals surface area contributed by atoms with Gasteiger partial charge in [-0.05, 0) is 48.6 Å². The Morgan fingerprint density at radius 3 is 2.44 bits per heavy atom. The molecule has 0 spiro atoms. The SMILES string of the molecule is CCCCCCC(=O)NC(C#N)Cc1ccc(-c2ccc3c(c2)N(C)C(=O)C3(C)C)cc1. The molecule has 2 amide bonds. The van der Waals surface area contributed by atoms with Crippen molar-refractivity contribution in [1.29, 1.82) is 5.26 Å². The molecule has 0 bridgehead atoms. The minimum atomic E-state index is -0.526. The number of nitriles is 1. The lowest BCUT2D eigenvalue weighted by molar-refractivity contribution is -0.122. The van der Waals surface area contributed by atoms with E-state index in [1.165, 1.54) is 0 Å². The fraction of sp³-hybridized carbons (Fsp3) is 0.444. The first-order chi connectivity index (χ1) is 15.3. The van der Waals surface area contributed by atoms with Gasteiger partial charge in [-0.3, -0.25) is 9.59 Å². The molecule has 1 aliphatic heterocycles. The lowest BCUT2D eigenvalue weighted by Crippen LogP contribution is -2.35. The zero-order valence-electron chi connectivity index (χ0n) is 19.6. The van der Waals surface area contributed by atoms with Gasteiger partial charge in [0.25, 0.3) is 0 Å². The molecule has 1 aliphatic rings. The summed E-state index contributed by atoms with van der Waals surface area (Å²) < 4.78 is 0. The van der Waals surface area contributed by atoms with Crippen molar-refractivity contribution in [1.82, 2.24) is 5.32 Å². The van der Waals surface area contributed by atoms with Crippen molar-refractivity contribution >= 4 is 17.5 Å². The van der Waals surface area contributed by atoms with Gasteiger partial charge in [0.15, 0.2) is 0 Å². The number of amides is 2. The molecule has 1 unspecified atom stereocenters. The van der Waals surface area contributed by atoms with Crippen LogP contribution in [0.5, 0.6) is 0 Å². The van der Waals surface area contributed by atoms with Crippen molar-refractivity contribution in [3.63, 3.8) is 0 Å². The molecule has 2 aromatic carbocycles. The van der Waals surface area contributed by atoms with Crippen molar-refractivity contribution < 1.29 is 9.59 Å². The second kappa shape index (κ2) is 9.99. The predicted octanol–water partition coefficient (Wildman–Crippen LogP) is 5.13. The zero-order valence-corrected chi connectivity index (χ0v) is 19.6. The third-order valence-electron chi connectivity index (χ3n) is 6.35. The number of nitrogens with zero attached hydrogens (tertiary/aromatic N) is 2. The topological polar surface area (TPSA) is 73.2 Å². The molecule has 5 nitrogen and oxygen atoms in total. The van der Waals surface area contributed by atoms with E-state index < -0.39 is 11.5 Å². The number of fused-ring (bicyclic) bond motifs is 1.